The summed E-state index contributed by atoms with van der Waals surface area (Å²) in [6.45, 7) is 1.92. The predicted molar refractivity (Wildman–Crippen MR) is 55.5 cm³/mol. The molecular weight excluding hydrogens is 160 g/mol. The molecule has 1 heterocycles. The van der Waals surface area contributed by atoms with E-state index in [1.807, 2.05) is 24.5 Å². The third-order valence-electron chi connectivity index (χ3n) is 1.98. The van der Waals surface area contributed by atoms with Crippen molar-refractivity contribution in [3.63, 3.8) is 0 Å². The van der Waals surface area contributed by atoms with E-state index in [1.165, 1.54) is 5.56 Å². The molecule has 0 saturated heterocycles. The van der Waals surface area contributed by atoms with Crippen molar-refractivity contribution in [1.29, 1.82) is 0 Å². The molecule has 1 aromatic carbocycles. The second kappa shape index (κ2) is 3.90. The number of aliphatic imine (C=N–C) groups is 1. The number of hydrogen-bond donors (Lipinski definition) is 0. The molecule has 0 spiro atoms. The zero-order valence-electron chi connectivity index (χ0n) is 7.43. The van der Waals surface area contributed by atoms with Crippen molar-refractivity contribution in [3.8, 4) is 0 Å². The van der Waals surface area contributed by atoms with E-state index in [2.05, 4.69) is 34.3 Å². The van der Waals surface area contributed by atoms with Gasteiger partial charge in [-0.15, -0.1) is 0 Å². The van der Waals surface area contributed by atoms with Crippen LogP contribution in [0.1, 0.15) is 5.56 Å². The van der Waals surface area contributed by atoms with Crippen molar-refractivity contribution in [2.45, 2.75) is 0 Å². The van der Waals surface area contributed by atoms with E-state index in [4.69, 9.17) is 0 Å². The minimum Gasteiger partial charge on any atom is -0.338 e. The van der Waals surface area contributed by atoms with Crippen LogP contribution in [-0.2, 0) is 0 Å². The number of rotatable bonds is 2. The average Bonchev–Trinajstić information content (AvgIpc) is 2.69. The van der Waals surface area contributed by atoms with E-state index in [0.29, 0.717) is 0 Å². The van der Waals surface area contributed by atoms with E-state index in [-0.39, 0.29) is 0 Å². The molecule has 0 atom stereocenters. The summed E-state index contributed by atoms with van der Waals surface area (Å²) >= 11 is 0. The summed E-state index contributed by atoms with van der Waals surface area (Å²) in [6, 6.07) is 10.3. The molecule has 0 unspecified atom stereocenters. The molecule has 1 aliphatic rings. The van der Waals surface area contributed by atoms with Gasteiger partial charge < -0.3 is 4.90 Å². The molecule has 13 heavy (non-hydrogen) atoms. The van der Waals surface area contributed by atoms with E-state index in [9.17, 15) is 0 Å². The summed E-state index contributed by atoms with van der Waals surface area (Å²) < 4.78 is 0. The van der Waals surface area contributed by atoms with Gasteiger partial charge in [-0.1, -0.05) is 30.3 Å². The quantitative estimate of drug-likeness (QED) is 0.666. The average molecular weight is 172 g/mol. The third kappa shape index (κ3) is 2.18. The summed E-state index contributed by atoms with van der Waals surface area (Å²) in [5.41, 5.74) is 1.22. The fraction of sp³-hybridized carbons (Fsp3) is 0.182. The fourth-order valence-corrected chi connectivity index (χ4v) is 1.25. The molecule has 1 aliphatic heterocycles. The topological polar surface area (TPSA) is 15.6 Å². The Morgan fingerprint density at radius 1 is 1.23 bits per heavy atom. The van der Waals surface area contributed by atoms with Crippen LogP contribution in [0.25, 0.3) is 6.08 Å². The Balaban J connectivity index is 2.01. The Kier molecular flexibility index (Phi) is 2.41. The highest BCUT2D eigenvalue weighted by Gasteiger charge is 1.99. The first-order valence-electron chi connectivity index (χ1n) is 4.44. The third-order valence-corrected chi connectivity index (χ3v) is 1.98. The minimum atomic E-state index is 0.916. The van der Waals surface area contributed by atoms with Crippen LogP contribution in [-0.4, -0.2) is 24.3 Å². The largest absolute Gasteiger partial charge is 0.338 e. The van der Waals surface area contributed by atoms with Crippen LogP contribution in [0.4, 0.5) is 0 Å². The molecule has 0 N–H and O–H groups in total. The second-order valence-corrected chi connectivity index (χ2v) is 2.99. The fourth-order valence-electron chi connectivity index (χ4n) is 1.25. The maximum atomic E-state index is 4.13. The Morgan fingerprint density at radius 3 is 2.77 bits per heavy atom. The van der Waals surface area contributed by atoms with Crippen LogP contribution in [0.5, 0.6) is 0 Å². The Hall–Kier alpha value is -1.57. The van der Waals surface area contributed by atoms with Gasteiger partial charge in [-0.05, 0) is 11.6 Å². The Morgan fingerprint density at radius 2 is 2.08 bits per heavy atom. The first-order valence-corrected chi connectivity index (χ1v) is 4.44. The van der Waals surface area contributed by atoms with Gasteiger partial charge in [0, 0.05) is 12.7 Å². The summed E-state index contributed by atoms with van der Waals surface area (Å²) in [5, 5.41) is 0. The molecule has 0 bridgehead atoms. The molecular formula is C11H12N2. The van der Waals surface area contributed by atoms with Crippen molar-refractivity contribution in [3.05, 3.63) is 42.1 Å². The van der Waals surface area contributed by atoms with Gasteiger partial charge >= 0.3 is 0 Å². The standard InChI is InChI=1S/C11H12N2/c1-2-4-11(5-3-1)6-8-13-9-7-12-10-13/h1-6,8,10H,7,9H2. The normalized spacial score (nSPS) is 15.8. The summed E-state index contributed by atoms with van der Waals surface area (Å²) in [7, 11) is 0. The summed E-state index contributed by atoms with van der Waals surface area (Å²) in [4.78, 5) is 6.22. The molecule has 2 nitrogen and oxygen atoms in total. The maximum Gasteiger partial charge on any atom is 0.0891 e. The molecule has 0 aliphatic carbocycles. The zero-order chi connectivity index (χ0) is 8.93. The van der Waals surface area contributed by atoms with Crippen LogP contribution >= 0.6 is 0 Å². The monoisotopic (exact) mass is 172 g/mol. The van der Waals surface area contributed by atoms with Crippen LogP contribution in [0, 0.1) is 0 Å². The van der Waals surface area contributed by atoms with Crippen molar-refractivity contribution >= 4 is 12.4 Å². The number of hydrogen-bond acceptors (Lipinski definition) is 2. The molecule has 0 amide bonds. The minimum absolute atomic E-state index is 0.916. The summed E-state index contributed by atoms with van der Waals surface area (Å²) in [6.07, 6.45) is 6.03. The lowest BCUT2D eigenvalue weighted by molar-refractivity contribution is 0.628. The van der Waals surface area contributed by atoms with Crippen molar-refractivity contribution in [2.75, 3.05) is 13.1 Å². The lowest BCUT2D eigenvalue weighted by Crippen LogP contribution is -2.10. The molecule has 0 radical (unpaired) electrons. The van der Waals surface area contributed by atoms with E-state index < -0.39 is 0 Å². The highest BCUT2D eigenvalue weighted by Crippen LogP contribution is 2.03. The lowest BCUT2D eigenvalue weighted by Gasteiger charge is -2.05. The van der Waals surface area contributed by atoms with Gasteiger partial charge in [-0.25, -0.2) is 0 Å². The first-order chi connectivity index (χ1) is 6.45. The van der Waals surface area contributed by atoms with Gasteiger partial charge in [0.05, 0.1) is 12.9 Å². The van der Waals surface area contributed by atoms with Gasteiger partial charge in [0.15, 0.2) is 0 Å². The zero-order valence-corrected chi connectivity index (χ0v) is 7.43. The maximum absolute atomic E-state index is 4.13. The molecule has 0 aromatic heterocycles. The van der Waals surface area contributed by atoms with Gasteiger partial charge in [0.1, 0.15) is 0 Å². The van der Waals surface area contributed by atoms with Gasteiger partial charge in [0.2, 0.25) is 0 Å². The molecule has 2 rings (SSSR count). The smallest absolute Gasteiger partial charge is 0.0891 e. The van der Waals surface area contributed by atoms with Gasteiger partial charge in [-0.3, -0.25) is 4.99 Å². The van der Waals surface area contributed by atoms with Crippen molar-refractivity contribution < 1.29 is 0 Å². The van der Waals surface area contributed by atoms with Gasteiger partial charge in [-0.2, -0.15) is 0 Å². The van der Waals surface area contributed by atoms with Gasteiger partial charge in [0.25, 0.3) is 0 Å². The van der Waals surface area contributed by atoms with Crippen LogP contribution in [0.3, 0.4) is 0 Å². The highest BCUT2D eigenvalue weighted by molar-refractivity contribution is 5.61. The van der Waals surface area contributed by atoms with E-state index >= 15 is 0 Å². The number of benzene rings is 1. The molecule has 1 aromatic rings. The number of nitrogens with zero attached hydrogens (tertiary/aromatic N) is 2. The SMILES string of the molecule is C(=CN1C=NCC1)c1ccccc1. The van der Waals surface area contributed by atoms with E-state index in [1.54, 1.807) is 0 Å². The highest BCUT2D eigenvalue weighted by atomic mass is 15.2. The predicted octanol–water partition coefficient (Wildman–Crippen LogP) is 2.00. The lowest BCUT2D eigenvalue weighted by atomic mass is 10.2. The Labute approximate surface area is 78.2 Å². The first kappa shape index (κ1) is 8.05. The second-order valence-electron chi connectivity index (χ2n) is 2.99. The molecule has 0 fully saturated rings. The summed E-state index contributed by atoms with van der Waals surface area (Å²) in [5.74, 6) is 0. The molecule has 0 saturated carbocycles. The van der Waals surface area contributed by atoms with Crippen LogP contribution in [0.2, 0.25) is 0 Å². The van der Waals surface area contributed by atoms with Crippen LogP contribution in [0.15, 0.2) is 41.5 Å². The van der Waals surface area contributed by atoms with Crippen molar-refractivity contribution in [2.24, 2.45) is 4.99 Å². The molecule has 2 heteroatoms. The Bertz CT molecular complexity index is 314. The van der Waals surface area contributed by atoms with E-state index in [0.717, 1.165) is 13.1 Å². The molecule has 66 valence electrons. The van der Waals surface area contributed by atoms with Crippen molar-refractivity contribution in [1.82, 2.24) is 4.90 Å². The van der Waals surface area contributed by atoms with Crippen LogP contribution < -0.4 is 0 Å².